The zero-order valence-electron chi connectivity index (χ0n) is 11.0. The van der Waals surface area contributed by atoms with Crippen LogP contribution in [0.4, 0.5) is 5.69 Å². The number of anilines is 1. The van der Waals surface area contributed by atoms with Gasteiger partial charge in [-0.15, -0.1) is 0 Å². The number of benzene rings is 1. The van der Waals surface area contributed by atoms with Gasteiger partial charge in [0, 0.05) is 18.7 Å². The minimum absolute atomic E-state index is 0.0856. The molecule has 94 valence electrons. The van der Waals surface area contributed by atoms with Gasteiger partial charge in [-0.05, 0) is 37.7 Å². The van der Waals surface area contributed by atoms with Crippen molar-refractivity contribution in [3.05, 3.63) is 29.8 Å². The predicted octanol–water partition coefficient (Wildman–Crippen LogP) is 2.67. The van der Waals surface area contributed by atoms with E-state index in [1.54, 1.807) is 0 Å². The Hall–Kier alpha value is -1.35. The number of hydrogen-bond acceptors (Lipinski definition) is 2. The molecule has 0 atom stereocenters. The molecule has 17 heavy (non-hydrogen) atoms. The summed E-state index contributed by atoms with van der Waals surface area (Å²) in [4.78, 5) is 14.0. The summed E-state index contributed by atoms with van der Waals surface area (Å²) >= 11 is 0. The lowest BCUT2D eigenvalue weighted by molar-refractivity contribution is -0.116. The molecule has 3 heteroatoms. The Balaban J connectivity index is 2.39. The SMILES string of the molecule is CCN(CC)CCC(=O)Nc1cccc(C)c1. The fourth-order valence-corrected chi connectivity index (χ4v) is 1.75. The number of carbonyl (C=O) groups is 1. The van der Waals surface area contributed by atoms with Crippen LogP contribution in [-0.4, -0.2) is 30.4 Å². The molecule has 1 rings (SSSR count). The summed E-state index contributed by atoms with van der Waals surface area (Å²) in [6.07, 6.45) is 0.551. The van der Waals surface area contributed by atoms with Gasteiger partial charge in [-0.1, -0.05) is 26.0 Å². The minimum Gasteiger partial charge on any atom is -0.326 e. The van der Waals surface area contributed by atoms with Gasteiger partial charge in [-0.3, -0.25) is 4.79 Å². The lowest BCUT2D eigenvalue weighted by Gasteiger charge is -2.17. The molecule has 0 heterocycles. The van der Waals surface area contributed by atoms with Crippen LogP contribution in [0.25, 0.3) is 0 Å². The molecular formula is C14H22N2O. The van der Waals surface area contributed by atoms with Gasteiger partial charge in [-0.2, -0.15) is 0 Å². The summed E-state index contributed by atoms with van der Waals surface area (Å²) in [6.45, 7) is 9.06. The van der Waals surface area contributed by atoms with E-state index >= 15 is 0 Å². The standard InChI is InChI=1S/C14H22N2O/c1-4-16(5-2)10-9-14(17)15-13-8-6-7-12(3)11-13/h6-8,11H,4-5,9-10H2,1-3H3,(H,15,17). The molecule has 0 aliphatic heterocycles. The Morgan fingerprint density at radius 2 is 2.00 bits per heavy atom. The van der Waals surface area contributed by atoms with Crippen LogP contribution in [0.2, 0.25) is 0 Å². The number of carbonyl (C=O) groups excluding carboxylic acids is 1. The third kappa shape index (κ3) is 5.00. The lowest BCUT2D eigenvalue weighted by Crippen LogP contribution is -2.27. The first kappa shape index (κ1) is 13.7. The third-order valence-corrected chi connectivity index (χ3v) is 2.85. The van der Waals surface area contributed by atoms with Crippen molar-refractivity contribution in [1.29, 1.82) is 0 Å². The third-order valence-electron chi connectivity index (χ3n) is 2.85. The Kier molecular flexibility index (Phi) is 5.70. The summed E-state index contributed by atoms with van der Waals surface area (Å²) in [5.41, 5.74) is 2.04. The second-order valence-corrected chi connectivity index (χ2v) is 4.19. The van der Waals surface area contributed by atoms with Gasteiger partial charge in [0.15, 0.2) is 0 Å². The molecule has 0 radical (unpaired) electrons. The van der Waals surface area contributed by atoms with Gasteiger partial charge in [0.05, 0.1) is 0 Å². The summed E-state index contributed by atoms with van der Waals surface area (Å²) in [7, 11) is 0. The topological polar surface area (TPSA) is 32.3 Å². The zero-order valence-corrected chi connectivity index (χ0v) is 11.0. The predicted molar refractivity (Wildman–Crippen MR) is 72.2 cm³/mol. The monoisotopic (exact) mass is 234 g/mol. The molecule has 0 saturated heterocycles. The Bertz CT molecular complexity index is 359. The average molecular weight is 234 g/mol. The Morgan fingerprint density at radius 3 is 2.59 bits per heavy atom. The average Bonchev–Trinajstić information content (AvgIpc) is 2.30. The van der Waals surface area contributed by atoms with Crippen molar-refractivity contribution in [3.8, 4) is 0 Å². The quantitative estimate of drug-likeness (QED) is 0.820. The van der Waals surface area contributed by atoms with Gasteiger partial charge < -0.3 is 10.2 Å². The first-order valence-corrected chi connectivity index (χ1v) is 6.24. The molecule has 1 aromatic carbocycles. The highest BCUT2D eigenvalue weighted by atomic mass is 16.1. The molecule has 1 amide bonds. The molecule has 0 aliphatic rings. The summed E-state index contributed by atoms with van der Waals surface area (Å²) in [5, 5.41) is 2.92. The molecule has 0 fully saturated rings. The summed E-state index contributed by atoms with van der Waals surface area (Å²) in [6, 6.07) is 7.87. The molecule has 0 saturated carbocycles. The van der Waals surface area contributed by atoms with E-state index in [0.717, 1.165) is 30.9 Å². The van der Waals surface area contributed by atoms with E-state index in [2.05, 4.69) is 24.1 Å². The van der Waals surface area contributed by atoms with Crippen molar-refractivity contribution >= 4 is 11.6 Å². The van der Waals surface area contributed by atoms with Crippen LogP contribution >= 0.6 is 0 Å². The smallest absolute Gasteiger partial charge is 0.225 e. The first-order chi connectivity index (χ1) is 8.15. The zero-order chi connectivity index (χ0) is 12.7. The fourth-order valence-electron chi connectivity index (χ4n) is 1.75. The van der Waals surface area contributed by atoms with Crippen LogP contribution in [0, 0.1) is 6.92 Å². The van der Waals surface area contributed by atoms with Crippen molar-refractivity contribution < 1.29 is 4.79 Å². The number of rotatable bonds is 6. The van der Waals surface area contributed by atoms with Gasteiger partial charge >= 0.3 is 0 Å². The van der Waals surface area contributed by atoms with E-state index in [-0.39, 0.29) is 5.91 Å². The maximum Gasteiger partial charge on any atom is 0.225 e. The van der Waals surface area contributed by atoms with Crippen LogP contribution in [0.5, 0.6) is 0 Å². The van der Waals surface area contributed by atoms with E-state index in [4.69, 9.17) is 0 Å². The number of nitrogens with one attached hydrogen (secondary N) is 1. The Morgan fingerprint density at radius 1 is 1.29 bits per heavy atom. The highest BCUT2D eigenvalue weighted by Gasteiger charge is 2.05. The first-order valence-electron chi connectivity index (χ1n) is 6.24. The van der Waals surface area contributed by atoms with Gasteiger partial charge in [0.2, 0.25) is 5.91 Å². The summed E-state index contributed by atoms with van der Waals surface area (Å²) < 4.78 is 0. The normalized spacial score (nSPS) is 10.6. The van der Waals surface area contributed by atoms with Crippen molar-refractivity contribution in [2.75, 3.05) is 25.0 Å². The van der Waals surface area contributed by atoms with Crippen molar-refractivity contribution in [3.63, 3.8) is 0 Å². The number of nitrogens with zero attached hydrogens (tertiary/aromatic N) is 1. The fraction of sp³-hybridized carbons (Fsp3) is 0.500. The van der Waals surface area contributed by atoms with E-state index in [0.29, 0.717) is 6.42 Å². The van der Waals surface area contributed by atoms with Gasteiger partial charge in [0.1, 0.15) is 0 Å². The maximum atomic E-state index is 11.7. The molecule has 1 N–H and O–H groups in total. The minimum atomic E-state index is 0.0856. The molecule has 3 nitrogen and oxygen atoms in total. The number of hydrogen-bond donors (Lipinski definition) is 1. The van der Waals surface area contributed by atoms with Gasteiger partial charge in [0.25, 0.3) is 0 Å². The van der Waals surface area contributed by atoms with E-state index in [1.165, 1.54) is 0 Å². The van der Waals surface area contributed by atoms with E-state index in [9.17, 15) is 4.79 Å². The molecule has 0 unspecified atom stereocenters. The maximum absolute atomic E-state index is 11.7. The van der Waals surface area contributed by atoms with Crippen LogP contribution < -0.4 is 5.32 Å². The van der Waals surface area contributed by atoms with Crippen LogP contribution in [-0.2, 0) is 4.79 Å². The van der Waals surface area contributed by atoms with Gasteiger partial charge in [-0.25, -0.2) is 0 Å². The molecule has 1 aromatic rings. The summed E-state index contributed by atoms with van der Waals surface area (Å²) in [5.74, 6) is 0.0856. The molecule has 0 spiro atoms. The number of aryl methyl sites for hydroxylation is 1. The highest BCUT2D eigenvalue weighted by Crippen LogP contribution is 2.09. The second kappa shape index (κ2) is 7.07. The van der Waals surface area contributed by atoms with Crippen LogP contribution in [0.1, 0.15) is 25.8 Å². The largest absolute Gasteiger partial charge is 0.326 e. The van der Waals surface area contributed by atoms with Crippen molar-refractivity contribution in [2.45, 2.75) is 27.2 Å². The molecular weight excluding hydrogens is 212 g/mol. The molecule has 0 aromatic heterocycles. The lowest BCUT2D eigenvalue weighted by atomic mass is 10.2. The molecule has 0 bridgehead atoms. The molecule has 0 aliphatic carbocycles. The number of amides is 1. The highest BCUT2D eigenvalue weighted by molar-refractivity contribution is 5.90. The van der Waals surface area contributed by atoms with Crippen molar-refractivity contribution in [2.24, 2.45) is 0 Å². The Labute approximate surface area is 104 Å². The van der Waals surface area contributed by atoms with Crippen molar-refractivity contribution in [1.82, 2.24) is 4.90 Å². The van der Waals surface area contributed by atoms with E-state index < -0.39 is 0 Å². The van der Waals surface area contributed by atoms with E-state index in [1.807, 2.05) is 31.2 Å². The van der Waals surface area contributed by atoms with Crippen LogP contribution in [0.3, 0.4) is 0 Å². The van der Waals surface area contributed by atoms with Crippen LogP contribution in [0.15, 0.2) is 24.3 Å². The second-order valence-electron chi connectivity index (χ2n) is 4.19.